The van der Waals surface area contributed by atoms with Gasteiger partial charge in [-0.15, -0.1) is 0 Å². The van der Waals surface area contributed by atoms with Crippen molar-refractivity contribution in [3.8, 4) is 11.1 Å². The second-order valence-corrected chi connectivity index (χ2v) is 8.58. The van der Waals surface area contributed by atoms with Gasteiger partial charge in [0.2, 0.25) is 11.8 Å². The van der Waals surface area contributed by atoms with E-state index in [9.17, 15) is 9.59 Å². The molecule has 2 fully saturated rings. The molecule has 1 aliphatic carbocycles. The molecule has 1 aliphatic heterocycles. The molecule has 29 heavy (non-hydrogen) atoms. The summed E-state index contributed by atoms with van der Waals surface area (Å²) in [5.41, 5.74) is 2.68. The van der Waals surface area contributed by atoms with Crippen LogP contribution in [0.5, 0.6) is 0 Å². The third-order valence-electron chi connectivity index (χ3n) is 6.18. The molecule has 0 spiro atoms. The van der Waals surface area contributed by atoms with Gasteiger partial charge in [-0.05, 0) is 43.2 Å². The number of hydrogen-bond acceptors (Lipinski definition) is 4. The maximum Gasteiger partial charge on any atom is 0.228 e. The highest BCUT2D eigenvalue weighted by Gasteiger charge is 2.44. The molecule has 0 radical (unpaired) electrons. The average Bonchev–Trinajstić information content (AvgIpc) is 3.59. The van der Waals surface area contributed by atoms with Gasteiger partial charge in [0.25, 0.3) is 0 Å². The van der Waals surface area contributed by atoms with Crippen molar-refractivity contribution in [3.63, 3.8) is 0 Å². The van der Waals surface area contributed by atoms with E-state index in [2.05, 4.69) is 22.1 Å². The third-order valence-corrected chi connectivity index (χ3v) is 6.18. The van der Waals surface area contributed by atoms with E-state index < -0.39 is 5.41 Å². The van der Waals surface area contributed by atoms with E-state index in [1.165, 1.54) is 6.33 Å². The number of likely N-dealkylation sites (tertiary alicyclic amines) is 1. The first-order valence-corrected chi connectivity index (χ1v) is 10.3. The Morgan fingerprint density at radius 1 is 1.10 bits per heavy atom. The lowest BCUT2D eigenvalue weighted by Gasteiger charge is -2.42. The van der Waals surface area contributed by atoms with Gasteiger partial charge in [-0.2, -0.15) is 0 Å². The molecule has 2 amide bonds. The lowest BCUT2D eigenvalue weighted by Crippen LogP contribution is -2.51. The zero-order valence-corrected chi connectivity index (χ0v) is 17.2. The number of benzene rings is 1. The van der Waals surface area contributed by atoms with Crippen LogP contribution in [0.2, 0.25) is 0 Å². The second kappa shape index (κ2) is 7.93. The summed E-state index contributed by atoms with van der Waals surface area (Å²) in [4.78, 5) is 37.5. The van der Waals surface area contributed by atoms with Crippen LogP contribution in [0.25, 0.3) is 11.1 Å². The number of carbonyl (C=O) groups excluding carboxylic acids is 2. The fourth-order valence-corrected chi connectivity index (χ4v) is 4.38. The summed E-state index contributed by atoms with van der Waals surface area (Å²) >= 11 is 0. The Kier molecular flexibility index (Phi) is 5.35. The molecule has 2 heterocycles. The van der Waals surface area contributed by atoms with Gasteiger partial charge >= 0.3 is 0 Å². The van der Waals surface area contributed by atoms with Crippen molar-refractivity contribution in [2.24, 2.45) is 11.3 Å². The molecule has 1 aromatic carbocycles. The predicted octanol–water partition coefficient (Wildman–Crippen LogP) is 2.79. The Morgan fingerprint density at radius 2 is 1.79 bits per heavy atom. The van der Waals surface area contributed by atoms with E-state index in [-0.39, 0.29) is 17.7 Å². The normalized spacial score (nSPS) is 18.3. The first-order valence-electron chi connectivity index (χ1n) is 10.3. The number of aromatic nitrogens is 2. The highest BCUT2D eigenvalue weighted by Crippen LogP contribution is 2.39. The largest absolute Gasteiger partial charge is 0.348 e. The summed E-state index contributed by atoms with van der Waals surface area (Å²) in [5.74, 6) is 0.670. The Hall–Kier alpha value is -2.76. The summed E-state index contributed by atoms with van der Waals surface area (Å²) < 4.78 is 0. The van der Waals surface area contributed by atoms with Gasteiger partial charge in [0, 0.05) is 51.1 Å². The van der Waals surface area contributed by atoms with Crippen LogP contribution >= 0.6 is 0 Å². The topological polar surface area (TPSA) is 66.4 Å². The molecule has 1 saturated carbocycles. The number of nitrogens with zero attached hydrogens (tertiary/aromatic N) is 4. The molecule has 2 aromatic rings. The fraction of sp³-hybridized carbons (Fsp3) is 0.478. The SMILES string of the molecule is CN(C)C(=O)C1(Cc2cccc(-c3cncnc3)c2)CCN(C(=O)C2CC2)CC1. The van der Waals surface area contributed by atoms with Gasteiger partial charge < -0.3 is 9.80 Å². The minimum absolute atomic E-state index is 0.157. The molecule has 4 rings (SSSR count). The van der Waals surface area contributed by atoms with Crippen LogP contribution in [0.1, 0.15) is 31.2 Å². The van der Waals surface area contributed by atoms with Crippen LogP contribution in [0, 0.1) is 11.3 Å². The van der Waals surface area contributed by atoms with Crippen molar-refractivity contribution in [2.45, 2.75) is 32.1 Å². The Bertz CT molecular complexity index is 885. The van der Waals surface area contributed by atoms with Crippen molar-refractivity contribution >= 4 is 11.8 Å². The molecule has 0 atom stereocenters. The fourth-order valence-electron chi connectivity index (χ4n) is 4.38. The minimum atomic E-state index is -0.463. The molecule has 6 heteroatoms. The van der Waals surface area contributed by atoms with E-state index in [1.807, 2.05) is 31.1 Å². The number of piperidine rings is 1. The van der Waals surface area contributed by atoms with Gasteiger partial charge in [-0.25, -0.2) is 9.97 Å². The number of hydrogen-bond donors (Lipinski definition) is 0. The van der Waals surface area contributed by atoms with Crippen LogP contribution in [0.3, 0.4) is 0 Å². The molecular formula is C23H28N4O2. The van der Waals surface area contributed by atoms with Crippen LogP contribution in [-0.4, -0.2) is 58.8 Å². The smallest absolute Gasteiger partial charge is 0.228 e. The van der Waals surface area contributed by atoms with Gasteiger partial charge in [0.15, 0.2) is 0 Å². The van der Waals surface area contributed by atoms with Crippen molar-refractivity contribution in [3.05, 3.63) is 48.5 Å². The molecule has 0 unspecified atom stereocenters. The molecule has 152 valence electrons. The Labute approximate surface area is 172 Å². The summed E-state index contributed by atoms with van der Waals surface area (Å²) in [6, 6.07) is 8.28. The van der Waals surface area contributed by atoms with E-state index in [4.69, 9.17) is 0 Å². The molecule has 6 nitrogen and oxygen atoms in total. The van der Waals surface area contributed by atoms with Gasteiger partial charge in [0.1, 0.15) is 6.33 Å². The average molecular weight is 393 g/mol. The van der Waals surface area contributed by atoms with Gasteiger partial charge in [0.05, 0.1) is 5.41 Å². The monoisotopic (exact) mass is 392 g/mol. The number of amides is 2. The van der Waals surface area contributed by atoms with Crippen molar-refractivity contribution in [1.82, 2.24) is 19.8 Å². The predicted molar refractivity (Wildman–Crippen MR) is 111 cm³/mol. The lowest BCUT2D eigenvalue weighted by atomic mass is 9.72. The van der Waals surface area contributed by atoms with Crippen molar-refractivity contribution < 1.29 is 9.59 Å². The summed E-state index contributed by atoms with van der Waals surface area (Å²) in [5, 5.41) is 0. The Morgan fingerprint density at radius 3 is 2.41 bits per heavy atom. The number of rotatable bonds is 5. The van der Waals surface area contributed by atoms with Gasteiger partial charge in [-0.3, -0.25) is 9.59 Å². The quantitative estimate of drug-likeness (QED) is 0.785. The molecule has 2 aliphatic rings. The second-order valence-electron chi connectivity index (χ2n) is 8.58. The van der Waals surface area contributed by atoms with Crippen molar-refractivity contribution in [1.29, 1.82) is 0 Å². The summed E-state index contributed by atoms with van der Waals surface area (Å²) in [6.07, 6.45) is 9.26. The Balaban J connectivity index is 1.55. The standard InChI is InChI=1S/C23H28N4O2/c1-26(2)22(29)23(8-10-27(11-9-23)21(28)18-6-7-18)13-17-4-3-5-19(12-17)20-14-24-16-25-15-20/h3-5,12,14-16,18H,6-11,13H2,1-2H3. The molecule has 1 saturated heterocycles. The number of carbonyl (C=O) groups is 2. The maximum absolute atomic E-state index is 13.2. The molecule has 0 bridgehead atoms. The molecule has 0 N–H and O–H groups in total. The first kappa shape index (κ1) is 19.6. The maximum atomic E-state index is 13.2. The zero-order chi connectivity index (χ0) is 20.4. The van der Waals surface area contributed by atoms with Crippen molar-refractivity contribution in [2.75, 3.05) is 27.2 Å². The summed E-state index contributed by atoms with van der Waals surface area (Å²) in [7, 11) is 3.65. The van der Waals surface area contributed by atoms with E-state index >= 15 is 0 Å². The third kappa shape index (κ3) is 4.16. The minimum Gasteiger partial charge on any atom is -0.348 e. The van der Waals surface area contributed by atoms with Crippen LogP contribution < -0.4 is 0 Å². The van der Waals surface area contributed by atoms with E-state index in [0.29, 0.717) is 32.4 Å². The molecular weight excluding hydrogens is 364 g/mol. The highest BCUT2D eigenvalue weighted by atomic mass is 16.2. The first-order chi connectivity index (χ1) is 14.0. The van der Waals surface area contributed by atoms with E-state index in [0.717, 1.165) is 29.5 Å². The van der Waals surface area contributed by atoms with Gasteiger partial charge in [-0.1, -0.05) is 24.3 Å². The van der Waals surface area contributed by atoms with Crippen LogP contribution in [-0.2, 0) is 16.0 Å². The molecule has 1 aromatic heterocycles. The van der Waals surface area contributed by atoms with Crippen LogP contribution in [0.15, 0.2) is 43.0 Å². The lowest BCUT2D eigenvalue weighted by molar-refractivity contribution is -0.146. The zero-order valence-electron chi connectivity index (χ0n) is 17.2. The van der Waals surface area contributed by atoms with E-state index in [1.54, 1.807) is 17.3 Å². The highest BCUT2D eigenvalue weighted by molar-refractivity contribution is 5.84. The summed E-state index contributed by atoms with van der Waals surface area (Å²) in [6.45, 7) is 1.34. The van der Waals surface area contributed by atoms with Crippen LogP contribution in [0.4, 0.5) is 0 Å².